The van der Waals surface area contributed by atoms with Gasteiger partial charge >= 0.3 is 5.97 Å². The molecule has 0 saturated carbocycles. The van der Waals surface area contributed by atoms with Crippen molar-refractivity contribution in [1.29, 1.82) is 0 Å². The molecule has 14 heavy (non-hydrogen) atoms. The fourth-order valence-electron chi connectivity index (χ4n) is 1.10. The zero-order chi connectivity index (χ0) is 10.4. The Morgan fingerprint density at radius 3 is 2.86 bits per heavy atom. The second-order valence-electron chi connectivity index (χ2n) is 2.64. The molecule has 0 spiro atoms. The van der Waals surface area contributed by atoms with Gasteiger partial charge in [0.25, 0.3) is 0 Å². The lowest BCUT2D eigenvalue weighted by Gasteiger charge is -2.04. The summed E-state index contributed by atoms with van der Waals surface area (Å²) in [6.45, 7) is 3.95. The van der Waals surface area contributed by atoms with Gasteiger partial charge in [-0.25, -0.2) is 4.79 Å². The third kappa shape index (κ3) is 2.42. The minimum absolute atomic E-state index is 0.325. The van der Waals surface area contributed by atoms with Gasteiger partial charge in [-0.1, -0.05) is 12.1 Å². The molecular weight excluding hydrogens is 178 g/mol. The van der Waals surface area contributed by atoms with Gasteiger partial charge in [-0.15, -0.1) is 0 Å². The molecule has 0 saturated heterocycles. The van der Waals surface area contributed by atoms with Gasteiger partial charge in [0.2, 0.25) is 0 Å². The summed E-state index contributed by atoms with van der Waals surface area (Å²) < 4.78 is 4.90. The van der Waals surface area contributed by atoms with E-state index in [-0.39, 0.29) is 5.97 Å². The smallest absolute Gasteiger partial charge is 0.339 e. The molecule has 0 aliphatic carbocycles. The summed E-state index contributed by atoms with van der Waals surface area (Å²) in [5.41, 5.74) is 1.15. The lowest BCUT2D eigenvalue weighted by Crippen LogP contribution is -2.07. The van der Waals surface area contributed by atoms with E-state index in [0.29, 0.717) is 17.9 Å². The number of rotatable bonds is 3. The van der Waals surface area contributed by atoms with Crippen LogP contribution in [0.3, 0.4) is 0 Å². The van der Waals surface area contributed by atoms with E-state index in [1.165, 1.54) is 0 Å². The van der Waals surface area contributed by atoms with E-state index in [2.05, 4.69) is 4.98 Å². The fourth-order valence-corrected chi connectivity index (χ4v) is 1.10. The number of hydrogen-bond acceptors (Lipinski definition) is 3. The van der Waals surface area contributed by atoms with E-state index in [0.717, 1.165) is 0 Å². The highest BCUT2D eigenvalue weighted by molar-refractivity contribution is 6.15. The second-order valence-corrected chi connectivity index (χ2v) is 2.64. The van der Waals surface area contributed by atoms with Crippen LogP contribution in [0.1, 0.15) is 19.5 Å². The first kappa shape index (κ1) is 10.4. The summed E-state index contributed by atoms with van der Waals surface area (Å²) in [7, 11) is 0. The molecule has 0 unspecified atom stereocenters. The summed E-state index contributed by atoms with van der Waals surface area (Å²) in [5, 5.41) is 0. The van der Waals surface area contributed by atoms with Crippen molar-refractivity contribution in [2.45, 2.75) is 13.8 Å². The maximum atomic E-state index is 11.4. The second kappa shape index (κ2) is 5.17. The minimum Gasteiger partial charge on any atom is -0.462 e. The predicted molar refractivity (Wildman–Crippen MR) is 54.5 cm³/mol. The van der Waals surface area contributed by atoms with Crippen molar-refractivity contribution in [1.82, 2.24) is 4.98 Å². The molecule has 0 atom stereocenters. The first-order valence-corrected chi connectivity index (χ1v) is 4.54. The van der Waals surface area contributed by atoms with Crippen molar-refractivity contribution in [3.05, 3.63) is 36.2 Å². The number of pyridine rings is 1. The summed E-state index contributed by atoms with van der Waals surface area (Å²) in [5.74, 6) is -0.325. The number of carbonyl (C=O) groups excluding carboxylic acids is 1. The Labute approximate surface area is 83.4 Å². The van der Waals surface area contributed by atoms with Crippen LogP contribution in [0.15, 0.2) is 30.5 Å². The number of esters is 1. The Bertz CT molecular complexity index is 330. The molecule has 1 aromatic heterocycles. The maximum absolute atomic E-state index is 11.4. The molecule has 0 amide bonds. The van der Waals surface area contributed by atoms with Gasteiger partial charge in [0, 0.05) is 6.20 Å². The highest BCUT2D eigenvalue weighted by Gasteiger charge is 2.12. The molecule has 0 bridgehead atoms. The zero-order valence-corrected chi connectivity index (χ0v) is 8.36. The van der Waals surface area contributed by atoms with E-state index in [1.807, 2.05) is 12.1 Å². The third-order valence-electron chi connectivity index (χ3n) is 1.72. The van der Waals surface area contributed by atoms with Crippen LogP contribution in [0.5, 0.6) is 0 Å². The topological polar surface area (TPSA) is 39.2 Å². The van der Waals surface area contributed by atoms with Crippen LogP contribution in [0.4, 0.5) is 0 Å². The van der Waals surface area contributed by atoms with Gasteiger partial charge in [-0.2, -0.15) is 0 Å². The summed E-state index contributed by atoms with van der Waals surface area (Å²) in [6.07, 6.45) is 3.36. The maximum Gasteiger partial charge on any atom is 0.339 e. The number of hydrogen-bond donors (Lipinski definition) is 0. The molecule has 1 heterocycles. The van der Waals surface area contributed by atoms with Crippen molar-refractivity contribution in [2.75, 3.05) is 6.61 Å². The monoisotopic (exact) mass is 191 g/mol. The van der Waals surface area contributed by atoms with Crippen LogP contribution in [-0.4, -0.2) is 17.6 Å². The van der Waals surface area contributed by atoms with E-state index in [9.17, 15) is 4.79 Å². The lowest BCUT2D eigenvalue weighted by molar-refractivity contribution is -0.136. The Morgan fingerprint density at radius 2 is 2.36 bits per heavy atom. The highest BCUT2D eigenvalue weighted by Crippen LogP contribution is 2.12. The van der Waals surface area contributed by atoms with Gasteiger partial charge < -0.3 is 4.74 Å². The Hall–Kier alpha value is -1.64. The number of nitrogens with zero attached hydrogens (tertiary/aromatic N) is 1. The standard InChI is InChI=1S/C11H13NO2/c1-3-9(11(13)14-4-2)10-7-5-6-8-12-10/h3,5-8H,4H2,1-2H3/b9-3+. The van der Waals surface area contributed by atoms with Crippen LogP contribution in [-0.2, 0) is 9.53 Å². The molecule has 74 valence electrons. The van der Waals surface area contributed by atoms with Crippen molar-refractivity contribution in [3.63, 3.8) is 0 Å². The first-order chi connectivity index (χ1) is 6.79. The number of aromatic nitrogens is 1. The lowest BCUT2D eigenvalue weighted by atomic mass is 10.1. The van der Waals surface area contributed by atoms with E-state index < -0.39 is 0 Å². The average Bonchev–Trinajstić information content (AvgIpc) is 2.21. The van der Waals surface area contributed by atoms with Gasteiger partial charge in [0.15, 0.2) is 0 Å². The summed E-state index contributed by atoms with van der Waals surface area (Å²) >= 11 is 0. The first-order valence-electron chi connectivity index (χ1n) is 4.54. The van der Waals surface area contributed by atoms with E-state index in [4.69, 9.17) is 4.74 Å². The van der Waals surface area contributed by atoms with Crippen LogP contribution in [0.2, 0.25) is 0 Å². The molecule has 1 rings (SSSR count). The van der Waals surface area contributed by atoms with Crippen LogP contribution in [0.25, 0.3) is 5.57 Å². The molecule has 0 N–H and O–H groups in total. The van der Waals surface area contributed by atoms with Gasteiger partial charge in [-0.3, -0.25) is 4.98 Å². The molecule has 0 aliphatic rings. The fraction of sp³-hybridized carbons (Fsp3) is 0.273. The molecule has 0 radical (unpaired) electrons. The SMILES string of the molecule is C/C=C(/C(=O)OCC)c1ccccn1. The van der Waals surface area contributed by atoms with Crippen LogP contribution in [0, 0.1) is 0 Å². The van der Waals surface area contributed by atoms with Crippen molar-refractivity contribution >= 4 is 11.5 Å². The Balaban J connectivity index is 2.89. The average molecular weight is 191 g/mol. The van der Waals surface area contributed by atoms with Crippen molar-refractivity contribution in [3.8, 4) is 0 Å². The van der Waals surface area contributed by atoms with Crippen molar-refractivity contribution < 1.29 is 9.53 Å². The predicted octanol–water partition coefficient (Wildman–Crippen LogP) is 2.05. The van der Waals surface area contributed by atoms with Gasteiger partial charge in [0.1, 0.15) is 0 Å². The summed E-state index contributed by atoms with van der Waals surface area (Å²) in [6, 6.07) is 5.43. The highest BCUT2D eigenvalue weighted by atomic mass is 16.5. The van der Waals surface area contributed by atoms with E-state index >= 15 is 0 Å². The van der Waals surface area contributed by atoms with Gasteiger partial charge in [-0.05, 0) is 26.0 Å². The molecule has 3 heteroatoms. The molecule has 0 aromatic carbocycles. The number of carbonyl (C=O) groups is 1. The summed E-state index contributed by atoms with van der Waals surface area (Å²) in [4.78, 5) is 15.5. The van der Waals surface area contributed by atoms with Crippen LogP contribution < -0.4 is 0 Å². The zero-order valence-electron chi connectivity index (χ0n) is 8.36. The van der Waals surface area contributed by atoms with Crippen molar-refractivity contribution in [2.24, 2.45) is 0 Å². The minimum atomic E-state index is -0.325. The Kier molecular flexibility index (Phi) is 3.85. The number of ether oxygens (including phenoxy) is 1. The quantitative estimate of drug-likeness (QED) is 0.542. The molecule has 3 nitrogen and oxygen atoms in total. The van der Waals surface area contributed by atoms with E-state index in [1.54, 1.807) is 32.2 Å². The normalized spacial score (nSPS) is 11.1. The number of allylic oxidation sites excluding steroid dienone is 1. The molecule has 0 fully saturated rings. The largest absolute Gasteiger partial charge is 0.462 e. The molecule has 0 aliphatic heterocycles. The molecular formula is C11H13NO2. The third-order valence-corrected chi connectivity index (χ3v) is 1.72. The van der Waals surface area contributed by atoms with Crippen LogP contribution >= 0.6 is 0 Å². The Morgan fingerprint density at radius 1 is 1.57 bits per heavy atom. The molecule has 1 aromatic rings. The van der Waals surface area contributed by atoms with Gasteiger partial charge in [0.05, 0.1) is 17.9 Å².